The van der Waals surface area contributed by atoms with Gasteiger partial charge in [0.1, 0.15) is 5.82 Å². The zero-order chi connectivity index (χ0) is 14.4. The van der Waals surface area contributed by atoms with Gasteiger partial charge in [-0.1, -0.05) is 30.5 Å². The van der Waals surface area contributed by atoms with Gasteiger partial charge >= 0.3 is 0 Å². The smallest absolute Gasteiger partial charge is 0.141 e. The fourth-order valence-corrected chi connectivity index (χ4v) is 2.96. The van der Waals surface area contributed by atoms with Crippen LogP contribution in [0.15, 0.2) is 18.2 Å². The Labute approximate surface area is 126 Å². The SMILES string of the molecule is CC(CC1CCCCCN1)NCc1ccc(F)c(Cl)c1. The molecule has 1 aromatic rings. The molecule has 2 atom stereocenters. The lowest BCUT2D eigenvalue weighted by Gasteiger charge is -2.21. The average Bonchev–Trinajstić information content (AvgIpc) is 2.69. The highest BCUT2D eigenvalue weighted by atomic mass is 35.5. The van der Waals surface area contributed by atoms with E-state index in [9.17, 15) is 4.39 Å². The molecule has 20 heavy (non-hydrogen) atoms. The van der Waals surface area contributed by atoms with Gasteiger partial charge in [-0.05, 0) is 50.4 Å². The summed E-state index contributed by atoms with van der Waals surface area (Å²) in [6.45, 7) is 4.08. The molecule has 1 aliphatic heterocycles. The van der Waals surface area contributed by atoms with E-state index in [1.807, 2.05) is 0 Å². The molecule has 2 nitrogen and oxygen atoms in total. The predicted octanol–water partition coefficient (Wildman–Crippen LogP) is 3.88. The van der Waals surface area contributed by atoms with Crippen LogP contribution < -0.4 is 10.6 Å². The van der Waals surface area contributed by atoms with Crippen molar-refractivity contribution in [2.45, 2.75) is 57.7 Å². The van der Waals surface area contributed by atoms with E-state index in [1.54, 1.807) is 12.1 Å². The third-order valence-electron chi connectivity index (χ3n) is 3.94. The van der Waals surface area contributed by atoms with Gasteiger partial charge in [0.2, 0.25) is 0 Å². The normalized spacial score (nSPS) is 21.4. The molecule has 0 bridgehead atoms. The Balaban J connectivity index is 1.76. The number of nitrogens with one attached hydrogen (secondary N) is 2. The van der Waals surface area contributed by atoms with Gasteiger partial charge in [-0.15, -0.1) is 0 Å². The lowest BCUT2D eigenvalue weighted by molar-refractivity contribution is 0.402. The molecule has 2 rings (SSSR count). The van der Waals surface area contributed by atoms with Crippen LogP contribution in [0, 0.1) is 5.82 Å². The third kappa shape index (κ3) is 5.04. The molecule has 1 aromatic carbocycles. The molecule has 1 saturated heterocycles. The zero-order valence-electron chi connectivity index (χ0n) is 12.1. The largest absolute Gasteiger partial charge is 0.314 e. The lowest BCUT2D eigenvalue weighted by Crippen LogP contribution is -2.36. The van der Waals surface area contributed by atoms with E-state index in [2.05, 4.69) is 17.6 Å². The second kappa shape index (κ2) is 7.96. The summed E-state index contributed by atoms with van der Waals surface area (Å²) < 4.78 is 13.1. The lowest BCUT2D eigenvalue weighted by atomic mass is 10.0. The van der Waals surface area contributed by atoms with E-state index in [4.69, 9.17) is 11.6 Å². The van der Waals surface area contributed by atoms with Gasteiger partial charge in [-0.2, -0.15) is 0 Å². The summed E-state index contributed by atoms with van der Waals surface area (Å²) in [6.07, 6.45) is 6.38. The molecule has 1 fully saturated rings. The Kier molecular flexibility index (Phi) is 6.27. The first-order chi connectivity index (χ1) is 9.65. The van der Waals surface area contributed by atoms with Crippen LogP contribution in [-0.4, -0.2) is 18.6 Å². The van der Waals surface area contributed by atoms with Gasteiger partial charge in [-0.25, -0.2) is 4.39 Å². The minimum Gasteiger partial charge on any atom is -0.314 e. The van der Waals surface area contributed by atoms with Crippen molar-refractivity contribution in [2.75, 3.05) is 6.54 Å². The third-order valence-corrected chi connectivity index (χ3v) is 4.23. The fraction of sp³-hybridized carbons (Fsp3) is 0.625. The maximum absolute atomic E-state index is 13.1. The van der Waals surface area contributed by atoms with Crippen LogP contribution in [0.3, 0.4) is 0 Å². The first kappa shape index (κ1) is 15.7. The highest BCUT2D eigenvalue weighted by Crippen LogP contribution is 2.16. The van der Waals surface area contributed by atoms with E-state index in [0.717, 1.165) is 25.1 Å². The van der Waals surface area contributed by atoms with Crippen molar-refractivity contribution in [3.05, 3.63) is 34.6 Å². The Morgan fingerprint density at radius 2 is 2.25 bits per heavy atom. The van der Waals surface area contributed by atoms with Crippen LogP contribution in [-0.2, 0) is 6.54 Å². The minimum absolute atomic E-state index is 0.197. The number of halogens is 2. The molecule has 0 aromatic heterocycles. The molecular formula is C16H24ClFN2. The average molecular weight is 299 g/mol. The molecule has 2 unspecified atom stereocenters. The van der Waals surface area contributed by atoms with Crippen molar-refractivity contribution >= 4 is 11.6 Å². The summed E-state index contributed by atoms with van der Waals surface area (Å²) in [5.41, 5.74) is 1.03. The van der Waals surface area contributed by atoms with Crippen LogP contribution >= 0.6 is 11.6 Å². The summed E-state index contributed by atoms with van der Waals surface area (Å²) in [6, 6.07) is 5.97. The topological polar surface area (TPSA) is 24.1 Å². The highest BCUT2D eigenvalue weighted by Gasteiger charge is 2.14. The minimum atomic E-state index is -0.355. The van der Waals surface area contributed by atoms with Gasteiger partial charge < -0.3 is 10.6 Å². The number of hydrogen-bond donors (Lipinski definition) is 2. The van der Waals surface area contributed by atoms with E-state index in [0.29, 0.717) is 12.1 Å². The van der Waals surface area contributed by atoms with Crippen molar-refractivity contribution in [1.29, 1.82) is 0 Å². The Bertz CT molecular complexity index is 417. The molecule has 2 N–H and O–H groups in total. The van der Waals surface area contributed by atoms with E-state index in [-0.39, 0.29) is 10.8 Å². The van der Waals surface area contributed by atoms with Gasteiger partial charge in [0.05, 0.1) is 5.02 Å². The van der Waals surface area contributed by atoms with Gasteiger partial charge in [0, 0.05) is 18.6 Å². The molecule has 0 amide bonds. The molecule has 0 radical (unpaired) electrons. The standard InChI is InChI=1S/C16H24ClFN2/c1-12(9-14-5-3-2-4-8-19-14)20-11-13-6-7-16(18)15(17)10-13/h6-7,10,12,14,19-20H,2-5,8-9,11H2,1H3. The summed E-state index contributed by atoms with van der Waals surface area (Å²) in [4.78, 5) is 0. The summed E-state index contributed by atoms with van der Waals surface area (Å²) in [7, 11) is 0. The van der Waals surface area contributed by atoms with Crippen LogP contribution in [0.5, 0.6) is 0 Å². The summed E-state index contributed by atoms with van der Waals surface area (Å²) >= 11 is 5.79. The molecule has 0 spiro atoms. The Morgan fingerprint density at radius 1 is 1.40 bits per heavy atom. The highest BCUT2D eigenvalue weighted by molar-refractivity contribution is 6.30. The Hall–Kier alpha value is -0.640. The molecule has 0 saturated carbocycles. The van der Waals surface area contributed by atoms with E-state index in [1.165, 1.54) is 31.7 Å². The van der Waals surface area contributed by atoms with E-state index < -0.39 is 0 Å². The molecule has 0 aliphatic carbocycles. The molecule has 1 heterocycles. The molecule has 4 heteroatoms. The Morgan fingerprint density at radius 3 is 3.05 bits per heavy atom. The molecule has 112 valence electrons. The first-order valence-corrected chi connectivity index (χ1v) is 7.93. The van der Waals surface area contributed by atoms with E-state index >= 15 is 0 Å². The predicted molar refractivity (Wildman–Crippen MR) is 82.6 cm³/mol. The van der Waals surface area contributed by atoms with Crippen LogP contribution in [0.25, 0.3) is 0 Å². The van der Waals surface area contributed by atoms with Gasteiger partial charge in [-0.3, -0.25) is 0 Å². The van der Waals surface area contributed by atoms with Crippen molar-refractivity contribution < 1.29 is 4.39 Å². The molecule has 1 aliphatic rings. The van der Waals surface area contributed by atoms with Crippen LogP contribution in [0.1, 0.15) is 44.6 Å². The quantitative estimate of drug-likeness (QED) is 0.862. The van der Waals surface area contributed by atoms with Crippen molar-refractivity contribution in [1.82, 2.24) is 10.6 Å². The van der Waals surface area contributed by atoms with Gasteiger partial charge in [0.15, 0.2) is 0 Å². The monoisotopic (exact) mass is 298 g/mol. The first-order valence-electron chi connectivity index (χ1n) is 7.56. The number of hydrogen-bond acceptors (Lipinski definition) is 2. The zero-order valence-corrected chi connectivity index (χ0v) is 12.8. The van der Waals surface area contributed by atoms with Gasteiger partial charge in [0.25, 0.3) is 0 Å². The second-order valence-electron chi connectivity index (χ2n) is 5.77. The van der Waals surface area contributed by atoms with Crippen LogP contribution in [0.2, 0.25) is 5.02 Å². The van der Waals surface area contributed by atoms with Crippen molar-refractivity contribution in [3.8, 4) is 0 Å². The second-order valence-corrected chi connectivity index (χ2v) is 6.17. The number of rotatable bonds is 5. The van der Waals surface area contributed by atoms with Crippen LogP contribution in [0.4, 0.5) is 4.39 Å². The summed E-state index contributed by atoms with van der Waals surface area (Å²) in [5, 5.41) is 7.31. The van der Waals surface area contributed by atoms with Crippen molar-refractivity contribution in [2.24, 2.45) is 0 Å². The maximum atomic E-state index is 13.1. The summed E-state index contributed by atoms with van der Waals surface area (Å²) in [5.74, 6) is -0.355. The number of benzene rings is 1. The van der Waals surface area contributed by atoms with Crippen molar-refractivity contribution in [3.63, 3.8) is 0 Å². The molecular weight excluding hydrogens is 275 g/mol. The maximum Gasteiger partial charge on any atom is 0.141 e. The fourth-order valence-electron chi connectivity index (χ4n) is 2.75.